The topological polar surface area (TPSA) is 33.7 Å². The molecule has 0 radical (unpaired) electrons. The van der Waals surface area contributed by atoms with E-state index < -0.39 is 0 Å². The van der Waals surface area contributed by atoms with E-state index >= 15 is 0 Å². The van der Waals surface area contributed by atoms with Crippen LogP contribution >= 0.6 is 0 Å². The third-order valence-corrected chi connectivity index (χ3v) is 7.58. The SMILES string of the molecule is COc1ccc2c(c1)CCC(NCc1ccccc1)COC1CCCN(CC3CC3)C1C2. The number of hydrogen-bond acceptors (Lipinski definition) is 4. The quantitative estimate of drug-likeness (QED) is 0.720. The minimum Gasteiger partial charge on any atom is -0.497 e. The molecule has 1 saturated carbocycles. The van der Waals surface area contributed by atoms with Gasteiger partial charge in [-0.1, -0.05) is 36.4 Å². The number of piperidine rings is 1. The zero-order valence-electron chi connectivity index (χ0n) is 19.5. The Morgan fingerprint density at radius 3 is 2.72 bits per heavy atom. The van der Waals surface area contributed by atoms with E-state index in [4.69, 9.17) is 9.47 Å². The number of nitrogens with one attached hydrogen (secondary N) is 1. The second kappa shape index (κ2) is 10.4. The van der Waals surface area contributed by atoms with Gasteiger partial charge < -0.3 is 14.8 Å². The van der Waals surface area contributed by atoms with E-state index in [1.807, 2.05) is 0 Å². The van der Waals surface area contributed by atoms with E-state index in [0.717, 1.165) is 44.1 Å². The zero-order valence-corrected chi connectivity index (χ0v) is 19.5. The molecule has 5 rings (SSSR count). The van der Waals surface area contributed by atoms with Crippen LogP contribution < -0.4 is 10.1 Å². The first kappa shape index (κ1) is 21.9. The van der Waals surface area contributed by atoms with Crippen molar-refractivity contribution in [2.24, 2.45) is 5.92 Å². The molecule has 2 aromatic carbocycles. The number of fused-ring (bicyclic) bond motifs is 2. The van der Waals surface area contributed by atoms with Crippen LogP contribution in [0, 0.1) is 5.92 Å². The lowest BCUT2D eigenvalue weighted by molar-refractivity contribution is -0.0519. The standard InChI is InChI=1S/C28H38N2O2/c1-31-26-14-12-24-17-27-28(8-5-15-30(27)19-22-9-10-22)32-20-25(13-11-23(24)16-26)29-18-21-6-3-2-4-7-21/h2-4,6-7,12,14,16,22,25,27-29H,5,8-11,13,15,17-20H2,1H3. The predicted molar refractivity (Wildman–Crippen MR) is 129 cm³/mol. The van der Waals surface area contributed by atoms with E-state index in [1.54, 1.807) is 7.11 Å². The van der Waals surface area contributed by atoms with Crippen LogP contribution in [-0.4, -0.2) is 49.9 Å². The van der Waals surface area contributed by atoms with Crippen molar-refractivity contribution in [2.45, 2.75) is 69.7 Å². The van der Waals surface area contributed by atoms with Crippen LogP contribution in [0.5, 0.6) is 5.75 Å². The molecule has 2 aliphatic heterocycles. The lowest BCUT2D eigenvalue weighted by atomic mass is 9.88. The van der Waals surface area contributed by atoms with Gasteiger partial charge in [-0.3, -0.25) is 4.90 Å². The summed E-state index contributed by atoms with van der Waals surface area (Å²) in [6.07, 6.45) is 8.82. The Balaban J connectivity index is 1.36. The monoisotopic (exact) mass is 434 g/mol. The van der Waals surface area contributed by atoms with E-state index in [9.17, 15) is 0 Å². The first-order valence-corrected chi connectivity index (χ1v) is 12.6. The number of rotatable bonds is 6. The average molecular weight is 435 g/mol. The fourth-order valence-corrected chi connectivity index (χ4v) is 5.46. The Morgan fingerprint density at radius 2 is 1.91 bits per heavy atom. The van der Waals surface area contributed by atoms with Gasteiger partial charge in [-0.25, -0.2) is 0 Å². The van der Waals surface area contributed by atoms with Crippen molar-refractivity contribution < 1.29 is 9.47 Å². The third kappa shape index (κ3) is 5.54. The van der Waals surface area contributed by atoms with Crippen molar-refractivity contribution in [3.63, 3.8) is 0 Å². The van der Waals surface area contributed by atoms with E-state index in [0.29, 0.717) is 18.2 Å². The van der Waals surface area contributed by atoms with E-state index in [2.05, 4.69) is 58.7 Å². The predicted octanol–water partition coefficient (Wildman–Crippen LogP) is 4.60. The largest absolute Gasteiger partial charge is 0.497 e. The van der Waals surface area contributed by atoms with E-state index in [-0.39, 0.29) is 0 Å². The Labute approximate surface area is 193 Å². The average Bonchev–Trinajstić information content (AvgIpc) is 3.65. The van der Waals surface area contributed by atoms with Gasteiger partial charge in [0.2, 0.25) is 0 Å². The lowest BCUT2D eigenvalue weighted by Gasteiger charge is -2.42. The van der Waals surface area contributed by atoms with Crippen molar-refractivity contribution in [1.82, 2.24) is 10.2 Å². The summed E-state index contributed by atoms with van der Waals surface area (Å²) in [5, 5.41) is 3.79. The van der Waals surface area contributed by atoms with Crippen molar-refractivity contribution in [3.8, 4) is 5.75 Å². The molecule has 1 N–H and O–H groups in total. The molecule has 32 heavy (non-hydrogen) atoms. The molecule has 0 aromatic heterocycles. The smallest absolute Gasteiger partial charge is 0.119 e. The highest BCUT2D eigenvalue weighted by molar-refractivity contribution is 5.37. The van der Waals surface area contributed by atoms with Crippen molar-refractivity contribution in [3.05, 3.63) is 65.2 Å². The molecule has 3 aliphatic rings. The molecular weight excluding hydrogens is 396 g/mol. The number of methoxy groups -OCH3 is 1. The summed E-state index contributed by atoms with van der Waals surface area (Å²) < 4.78 is 12.3. The molecule has 3 unspecified atom stereocenters. The molecule has 2 heterocycles. The summed E-state index contributed by atoms with van der Waals surface area (Å²) in [4.78, 5) is 2.76. The van der Waals surface area contributed by atoms with Gasteiger partial charge in [0.05, 0.1) is 19.8 Å². The third-order valence-electron chi connectivity index (χ3n) is 7.58. The molecule has 3 atom stereocenters. The van der Waals surface area contributed by atoms with Crippen LogP contribution in [-0.2, 0) is 24.1 Å². The molecule has 2 fully saturated rings. The van der Waals surface area contributed by atoms with Gasteiger partial charge in [0.1, 0.15) is 5.75 Å². The summed E-state index contributed by atoms with van der Waals surface area (Å²) in [5.74, 6) is 1.89. The molecule has 172 valence electrons. The number of aryl methyl sites for hydroxylation is 1. The Kier molecular flexibility index (Phi) is 7.11. The van der Waals surface area contributed by atoms with Gasteiger partial charge in [-0.2, -0.15) is 0 Å². The Bertz CT molecular complexity index is 867. The number of hydrogen-bond donors (Lipinski definition) is 1. The lowest BCUT2D eigenvalue weighted by Crippen LogP contribution is -2.52. The summed E-state index contributed by atoms with van der Waals surface area (Å²) in [5.41, 5.74) is 4.27. The zero-order chi connectivity index (χ0) is 21.8. The maximum Gasteiger partial charge on any atom is 0.119 e. The number of ether oxygens (including phenoxy) is 2. The van der Waals surface area contributed by atoms with Crippen molar-refractivity contribution in [1.29, 1.82) is 0 Å². The van der Waals surface area contributed by atoms with Crippen molar-refractivity contribution in [2.75, 3.05) is 26.8 Å². The Morgan fingerprint density at radius 1 is 1.03 bits per heavy atom. The number of likely N-dealkylation sites (tertiary alicyclic amines) is 1. The highest BCUT2D eigenvalue weighted by Crippen LogP contribution is 2.34. The van der Waals surface area contributed by atoms with Crippen LogP contribution in [0.4, 0.5) is 0 Å². The molecule has 0 amide bonds. The summed E-state index contributed by atoms with van der Waals surface area (Å²) in [6, 6.07) is 18.3. The molecule has 1 aliphatic carbocycles. The molecule has 2 aromatic rings. The fourth-order valence-electron chi connectivity index (χ4n) is 5.46. The minimum atomic E-state index is 0.330. The van der Waals surface area contributed by atoms with Crippen LogP contribution in [0.1, 0.15) is 48.8 Å². The van der Waals surface area contributed by atoms with Gasteiger partial charge in [-0.05, 0) is 86.2 Å². The molecule has 4 nitrogen and oxygen atoms in total. The van der Waals surface area contributed by atoms with Gasteiger partial charge >= 0.3 is 0 Å². The summed E-state index contributed by atoms with van der Waals surface area (Å²) in [6.45, 7) is 4.17. The van der Waals surface area contributed by atoms with Crippen LogP contribution in [0.15, 0.2) is 48.5 Å². The second-order valence-electron chi connectivity index (χ2n) is 9.96. The summed E-state index contributed by atoms with van der Waals surface area (Å²) >= 11 is 0. The van der Waals surface area contributed by atoms with Crippen LogP contribution in [0.2, 0.25) is 0 Å². The first-order chi connectivity index (χ1) is 15.8. The van der Waals surface area contributed by atoms with Gasteiger partial charge in [0.25, 0.3) is 0 Å². The van der Waals surface area contributed by atoms with E-state index in [1.165, 1.54) is 55.5 Å². The Hall–Kier alpha value is -1.88. The molecule has 1 saturated heterocycles. The molecule has 0 bridgehead atoms. The normalized spacial score (nSPS) is 26.7. The molecule has 0 spiro atoms. The first-order valence-electron chi connectivity index (χ1n) is 12.6. The maximum atomic E-state index is 6.69. The van der Waals surface area contributed by atoms with Crippen LogP contribution in [0.3, 0.4) is 0 Å². The second-order valence-corrected chi connectivity index (χ2v) is 9.96. The number of benzene rings is 2. The highest BCUT2D eigenvalue weighted by atomic mass is 16.5. The minimum absolute atomic E-state index is 0.330. The summed E-state index contributed by atoms with van der Waals surface area (Å²) in [7, 11) is 1.77. The number of nitrogens with zero attached hydrogens (tertiary/aromatic N) is 1. The maximum absolute atomic E-state index is 6.69. The molecular formula is C28H38N2O2. The fraction of sp³-hybridized carbons (Fsp3) is 0.571. The van der Waals surface area contributed by atoms with Gasteiger partial charge in [-0.15, -0.1) is 0 Å². The van der Waals surface area contributed by atoms with Crippen LogP contribution in [0.25, 0.3) is 0 Å². The van der Waals surface area contributed by atoms with Gasteiger partial charge in [0, 0.05) is 25.2 Å². The molecule has 4 heteroatoms. The highest BCUT2D eigenvalue weighted by Gasteiger charge is 2.36. The van der Waals surface area contributed by atoms with Crippen molar-refractivity contribution >= 4 is 0 Å². The van der Waals surface area contributed by atoms with Gasteiger partial charge in [0.15, 0.2) is 0 Å².